The molecule has 6 nitrogen and oxygen atoms in total. The van der Waals surface area contributed by atoms with E-state index in [4.69, 9.17) is 0 Å². The van der Waals surface area contributed by atoms with Crippen LogP contribution in [0.1, 0.15) is 41.2 Å². The van der Waals surface area contributed by atoms with Crippen molar-refractivity contribution in [3.8, 4) is 5.82 Å². The van der Waals surface area contributed by atoms with Crippen LogP contribution in [0.5, 0.6) is 0 Å². The van der Waals surface area contributed by atoms with Gasteiger partial charge in [0, 0.05) is 16.8 Å². The van der Waals surface area contributed by atoms with E-state index in [1.165, 1.54) is 4.88 Å². The molecule has 0 amide bonds. The molecule has 0 aliphatic heterocycles. The van der Waals surface area contributed by atoms with Crippen molar-refractivity contribution in [1.82, 2.24) is 24.7 Å². The van der Waals surface area contributed by atoms with Gasteiger partial charge in [0.2, 0.25) is 0 Å². The normalized spacial score (nSPS) is 12.3. The van der Waals surface area contributed by atoms with Crippen molar-refractivity contribution < 1.29 is 0 Å². The average molecular weight is 328 g/mol. The topological polar surface area (TPSA) is 68.5 Å². The fourth-order valence-corrected chi connectivity index (χ4v) is 3.22. The molecule has 0 saturated heterocycles. The Balaban J connectivity index is 1.81. The van der Waals surface area contributed by atoms with Crippen LogP contribution >= 0.6 is 11.3 Å². The molecule has 1 N–H and O–H groups in total. The predicted molar refractivity (Wildman–Crippen MR) is 92.2 cm³/mol. The lowest BCUT2D eigenvalue weighted by molar-refractivity contribution is 0.792. The lowest BCUT2D eigenvalue weighted by atomic mass is 10.3. The molecule has 0 saturated carbocycles. The van der Waals surface area contributed by atoms with Crippen LogP contribution in [-0.4, -0.2) is 24.7 Å². The first-order chi connectivity index (χ1) is 11.1. The number of nitrogens with one attached hydrogen (secondary N) is 1. The molecule has 3 heterocycles. The monoisotopic (exact) mass is 328 g/mol. The van der Waals surface area contributed by atoms with Crippen molar-refractivity contribution >= 4 is 17.2 Å². The molecule has 7 heteroatoms. The van der Waals surface area contributed by atoms with Crippen LogP contribution in [0.15, 0.2) is 24.7 Å². The standard InChI is InChI=1S/C16H20N6S/c1-5-13-7-18-16(23-13)12(4)19-14-8-17-9-15(20-14)22-11(3)6-10(2)21-22/h6-9,12H,5H2,1-4H3,(H,19,20). The Bertz CT molecular complexity index is 807. The van der Waals surface area contributed by atoms with Gasteiger partial charge in [0.05, 0.1) is 24.1 Å². The van der Waals surface area contributed by atoms with E-state index in [2.05, 4.69) is 39.2 Å². The summed E-state index contributed by atoms with van der Waals surface area (Å²) in [5.41, 5.74) is 2.00. The van der Waals surface area contributed by atoms with Crippen molar-refractivity contribution in [3.63, 3.8) is 0 Å². The Hall–Kier alpha value is -2.28. The van der Waals surface area contributed by atoms with Gasteiger partial charge in [0.1, 0.15) is 10.8 Å². The van der Waals surface area contributed by atoms with Gasteiger partial charge in [-0.2, -0.15) is 5.10 Å². The molecule has 0 radical (unpaired) electrons. The van der Waals surface area contributed by atoms with Gasteiger partial charge in [-0.25, -0.2) is 14.6 Å². The van der Waals surface area contributed by atoms with Gasteiger partial charge in [-0.05, 0) is 33.3 Å². The number of nitrogens with zero attached hydrogens (tertiary/aromatic N) is 5. The van der Waals surface area contributed by atoms with Crippen LogP contribution in [0.3, 0.4) is 0 Å². The number of anilines is 1. The third kappa shape index (κ3) is 3.39. The van der Waals surface area contributed by atoms with Gasteiger partial charge in [-0.1, -0.05) is 6.92 Å². The maximum absolute atomic E-state index is 4.61. The Morgan fingerprint density at radius 1 is 1.26 bits per heavy atom. The van der Waals surface area contributed by atoms with Crippen molar-refractivity contribution in [2.75, 3.05) is 5.32 Å². The number of thiazole rings is 1. The Labute approximate surface area is 139 Å². The third-order valence-electron chi connectivity index (χ3n) is 3.50. The fourth-order valence-electron chi connectivity index (χ4n) is 2.36. The summed E-state index contributed by atoms with van der Waals surface area (Å²) in [7, 11) is 0. The molecule has 1 unspecified atom stereocenters. The summed E-state index contributed by atoms with van der Waals surface area (Å²) in [5.74, 6) is 1.43. The second kappa shape index (κ2) is 6.45. The lowest BCUT2D eigenvalue weighted by Gasteiger charge is -2.12. The maximum atomic E-state index is 4.61. The van der Waals surface area contributed by atoms with E-state index in [0.717, 1.165) is 28.6 Å². The molecule has 3 aromatic rings. The van der Waals surface area contributed by atoms with Gasteiger partial charge in [-0.15, -0.1) is 11.3 Å². The van der Waals surface area contributed by atoms with E-state index in [1.54, 1.807) is 28.4 Å². The minimum Gasteiger partial charge on any atom is -0.360 e. The van der Waals surface area contributed by atoms with Crippen LogP contribution in [0.4, 0.5) is 5.82 Å². The molecule has 0 aliphatic carbocycles. The molecule has 120 valence electrons. The molecule has 0 bridgehead atoms. The van der Waals surface area contributed by atoms with Crippen LogP contribution in [0.25, 0.3) is 5.82 Å². The number of hydrogen-bond donors (Lipinski definition) is 1. The smallest absolute Gasteiger partial charge is 0.174 e. The van der Waals surface area contributed by atoms with E-state index in [0.29, 0.717) is 5.82 Å². The number of rotatable bonds is 5. The maximum Gasteiger partial charge on any atom is 0.174 e. The van der Waals surface area contributed by atoms with E-state index >= 15 is 0 Å². The highest BCUT2D eigenvalue weighted by molar-refractivity contribution is 7.11. The zero-order valence-corrected chi connectivity index (χ0v) is 14.6. The van der Waals surface area contributed by atoms with Crippen molar-refractivity contribution in [1.29, 1.82) is 0 Å². The van der Waals surface area contributed by atoms with Crippen LogP contribution in [0, 0.1) is 13.8 Å². The summed E-state index contributed by atoms with van der Waals surface area (Å²) >= 11 is 1.73. The molecule has 0 aliphatic rings. The molecule has 3 aromatic heterocycles. The van der Waals surface area contributed by atoms with E-state index in [1.807, 2.05) is 26.1 Å². The third-order valence-corrected chi connectivity index (χ3v) is 4.83. The highest BCUT2D eigenvalue weighted by atomic mass is 32.1. The van der Waals surface area contributed by atoms with Gasteiger partial charge < -0.3 is 5.32 Å². The summed E-state index contributed by atoms with van der Waals surface area (Å²) < 4.78 is 1.80. The molecule has 3 rings (SSSR count). The van der Waals surface area contributed by atoms with E-state index in [9.17, 15) is 0 Å². The summed E-state index contributed by atoms with van der Waals surface area (Å²) in [4.78, 5) is 14.6. The first-order valence-electron chi connectivity index (χ1n) is 7.63. The highest BCUT2D eigenvalue weighted by Gasteiger charge is 2.12. The van der Waals surface area contributed by atoms with Gasteiger partial charge in [-0.3, -0.25) is 4.98 Å². The van der Waals surface area contributed by atoms with Crippen molar-refractivity contribution in [2.24, 2.45) is 0 Å². The van der Waals surface area contributed by atoms with Crippen molar-refractivity contribution in [2.45, 2.75) is 40.2 Å². The minimum absolute atomic E-state index is 0.0882. The molecule has 23 heavy (non-hydrogen) atoms. The van der Waals surface area contributed by atoms with Crippen LogP contribution in [-0.2, 0) is 6.42 Å². The highest BCUT2D eigenvalue weighted by Crippen LogP contribution is 2.23. The molecule has 0 fully saturated rings. The van der Waals surface area contributed by atoms with Crippen LogP contribution < -0.4 is 5.32 Å². The summed E-state index contributed by atoms with van der Waals surface area (Å²) in [6.45, 7) is 8.19. The fraction of sp³-hybridized carbons (Fsp3) is 0.375. The number of aryl methyl sites for hydroxylation is 3. The second-order valence-corrected chi connectivity index (χ2v) is 6.63. The number of aromatic nitrogens is 5. The largest absolute Gasteiger partial charge is 0.360 e. The number of hydrogen-bond acceptors (Lipinski definition) is 6. The molecular formula is C16H20N6S. The zero-order chi connectivity index (χ0) is 16.4. The minimum atomic E-state index is 0.0882. The summed E-state index contributed by atoms with van der Waals surface area (Å²) in [5, 5.41) is 8.87. The first kappa shape index (κ1) is 15.6. The predicted octanol–water partition coefficient (Wildman–Crippen LogP) is 3.47. The van der Waals surface area contributed by atoms with Crippen molar-refractivity contribution in [3.05, 3.63) is 45.9 Å². The van der Waals surface area contributed by atoms with Gasteiger partial charge >= 0.3 is 0 Å². The summed E-state index contributed by atoms with van der Waals surface area (Å²) in [6, 6.07) is 2.11. The van der Waals surface area contributed by atoms with Gasteiger partial charge in [0.15, 0.2) is 5.82 Å². The molecule has 0 aromatic carbocycles. The van der Waals surface area contributed by atoms with Gasteiger partial charge in [0.25, 0.3) is 0 Å². The summed E-state index contributed by atoms with van der Waals surface area (Å²) in [6.07, 6.45) is 6.39. The van der Waals surface area contributed by atoms with E-state index < -0.39 is 0 Å². The second-order valence-electron chi connectivity index (χ2n) is 5.49. The molecular weight excluding hydrogens is 308 g/mol. The molecule has 1 atom stereocenters. The average Bonchev–Trinajstić information content (AvgIpc) is 3.14. The Morgan fingerprint density at radius 3 is 2.74 bits per heavy atom. The Kier molecular flexibility index (Phi) is 4.38. The lowest BCUT2D eigenvalue weighted by Crippen LogP contribution is -2.10. The van der Waals surface area contributed by atoms with E-state index in [-0.39, 0.29) is 6.04 Å². The first-order valence-corrected chi connectivity index (χ1v) is 8.45. The quantitative estimate of drug-likeness (QED) is 0.776. The SMILES string of the molecule is CCc1cnc(C(C)Nc2cncc(-n3nc(C)cc3C)n2)s1. The zero-order valence-electron chi connectivity index (χ0n) is 13.7. The van der Waals surface area contributed by atoms with Crippen LogP contribution in [0.2, 0.25) is 0 Å². The molecule has 0 spiro atoms. The Morgan fingerprint density at radius 2 is 2.09 bits per heavy atom.